The molecule has 0 amide bonds. The first-order valence-electron chi connectivity index (χ1n) is 7.33. The van der Waals surface area contributed by atoms with E-state index in [1.165, 1.54) is 5.56 Å². The first-order chi connectivity index (χ1) is 9.20. The Balaban J connectivity index is 1.86. The van der Waals surface area contributed by atoms with Crippen LogP contribution >= 0.6 is 0 Å². The third kappa shape index (κ3) is 4.06. The summed E-state index contributed by atoms with van der Waals surface area (Å²) in [6.07, 6.45) is 4.48. The summed E-state index contributed by atoms with van der Waals surface area (Å²) in [4.78, 5) is 2.47. The van der Waals surface area contributed by atoms with E-state index >= 15 is 0 Å². The van der Waals surface area contributed by atoms with Gasteiger partial charge in [0, 0.05) is 44.6 Å². The summed E-state index contributed by atoms with van der Waals surface area (Å²) in [7, 11) is 2.04. The van der Waals surface area contributed by atoms with Gasteiger partial charge in [-0.2, -0.15) is 0 Å². The zero-order valence-corrected chi connectivity index (χ0v) is 12.4. The monoisotopic (exact) mass is 265 g/mol. The van der Waals surface area contributed by atoms with Gasteiger partial charge < -0.3 is 14.6 Å². The van der Waals surface area contributed by atoms with Gasteiger partial charge in [0.2, 0.25) is 0 Å². The Morgan fingerprint density at radius 1 is 1.26 bits per heavy atom. The van der Waals surface area contributed by atoms with Crippen LogP contribution in [-0.2, 0) is 11.3 Å². The molecule has 1 unspecified atom stereocenters. The quantitative estimate of drug-likeness (QED) is 0.849. The van der Waals surface area contributed by atoms with E-state index in [2.05, 4.69) is 47.1 Å². The lowest BCUT2D eigenvalue weighted by atomic mass is 9.99. The standard InChI is InChI=1S/C15H27N3O/c1-13(2)15(16-3)14-4-5-18(12-14)7-6-17-8-10-19-11-9-17/h4-5,12-13,15-16H,6-11H2,1-3H3. The molecule has 19 heavy (non-hydrogen) atoms. The second kappa shape index (κ2) is 7.08. The number of aromatic nitrogens is 1. The number of hydrogen-bond donors (Lipinski definition) is 1. The van der Waals surface area contributed by atoms with Crippen LogP contribution in [0.15, 0.2) is 18.5 Å². The van der Waals surface area contributed by atoms with Crippen molar-refractivity contribution >= 4 is 0 Å². The first-order valence-corrected chi connectivity index (χ1v) is 7.33. The van der Waals surface area contributed by atoms with E-state index in [9.17, 15) is 0 Å². The molecule has 0 aliphatic carbocycles. The topological polar surface area (TPSA) is 29.4 Å². The van der Waals surface area contributed by atoms with Crippen molar-refractivity contribution in [1.29, 1.82) is 0 Å². The molecule has 2 heterocycles. The Morgan fingerprint density at radius 3 is 2.63 bits per heavy atom. The molecule has 1 aliphatic rings. The molecule has 1 saturated heterocycles. The highest BCUT2D eigenvalue weighted by molar-refractivity contribution is 5.16. The summed E-state index contributed by atoms with van der Waals surface area (Å²) in [6, 6.07) is 2.69. The van der Waals surface area contributed by atoms with Gasteiger partial charge in [0.05, 0.1) is 13.2 Å². The molecular formula is C15H27N3O. The molecule has 1 aromatic heterocycles. The number of nitrogens with zero attached hydrogens (tertiary/aromatic N) is 2. The molecule has 0 spiro atoms. The highest BCUT2D eigenvalue weighted by Gasteiger charge is 2.15. The van der Waals surface area contributed by atoms with E-state index in [1.807, 2.05) is 7.05 Å². The normalized spacial score (nSPS) is 18.9. The maximum atomic E-state index is 5.37. The van der Waals surface area contributed by atoms with Crippen molar-refractivity contribution in [3.05, 3.63) is 24.0 Å². The molecule has 0 bridgehead atoms. The molecule has 1 fully saturated rings. The molecule has 1 aliphatic heterocycles. The summed E-state index contributed by atoms with van der Waals surface area (Å²) >= 11 is 0. The molecule has 1 atom stereocenters. The van der Waals surface area contributed by atoms with Gasteiger partial charge in [-0.3, -0.25) is 4.90 Å². The van der Waals surface area contributed by atoms with Gasteiger partial charge >= 0.3 is 0 Å². The van der Waals surface area contributed by atoms with E-state index in [0.29, 0.717) is 12.0 Å². The zero-order valence-electron chi connectivity index (χ0n) is 12.4. The second-order valence-corrected chi connectivity index (χ2v) is 5.65. The lowest BCUT2D eigenvalue weighted by Gasteiger charge is -2.26. The summed E-state index contributed by atoms with van der Waals surface area (Å²) < 4.78 is 7.67. The molecule has 4 heteroatoms. The second-order valence-electron chi connectivity index (χ2n) is 5.65. The van der Waals surface area contributed by atoms with E-state index in [1.54, 1.807) is 0 Å². The largest absolute Gasteiger partial charge is 0.379 e. The molecule has 4 nitrogen and oxygen atoms in total. The Bertz CT molecular complexity index is 369. The summed E-state index contributed by atoms with van der Waals surface area (Å²) in [5, 5.41) is 3.40. The fraction of sp³-hybridized carbons (Fsp3) is 0.733. The van der Waals surface area contributed by atoms with Gasteiger partial charge in [0.15, 0.2) is 0 Å². The maximum Gasteiger partial charge on any atom is 0.0594 e. The van der Waals surface area contributed by atoms with Crippen molar-refractivity contribution < 1.29 is 4.74 Å². The third-order valence-corrected chi connectivity index (χ3v) is 3.89. The number of nitrogens with one attached hydrogen (secondary N) is 1. The van der Waals surface area contributed by atoms with Crippen LogP contribution in [0.25, 0.3) is 0 Å². The lowest BCUT2D eigenvalue weighted by Crippen LogP contribution is -2.38. The van der Waals surface area contributed by atoms with Crippen LogP contribution < -0.4 is 5.32 Å². The van der Waals surface area contributed by atoms with Crippen LogP contribution in [0.2, 0.25) is 0 Å². The highest BCUT2D eigenvalue weighted by Crippen LogP contribution is 2.21. The van der Waals surface area contributed by atoms with E-state index in [-0.39, 0.29) is 0 Å². The Hall–Kier alpha value is -0.840. The molecule has 2 rings (SSSR count). The van der Waals surface area contributed by atoms with Gasteiger partial charge in [0.25, 0.3) is 0 Å². The van der Waals surface area contributed by atoms with Crippen LogP contribution in [0.5, 0.6) is 0 Å². The third-order valence-electron chi connectivity index (χ3n) is 3.89. The Kier molecular flexibility index (Phi) is 5.43. The van der Waals surface area contributed by atoms with Crippen molar-refractivity contribution in [1.82, 2.24) is 14.8 Å². The predicted molar refractivity (Wildman–Crippen MR) is 78.3 cm³/mol. The van der Waals surface area contributed by atoms with Crippen LogP contribution in [0.3, 0.4) is 0 Å². The number of ether oxygens (including phenoxy) is 1. The molecule has 0 saturated carbocycles. The Labute approximate surface area is 116 Å². The van der Waals surface area contributed by atoms with E-state index < -0.39 is 0 Å². The van der Waals surface area contributed by atoms with Gasteiger partial charge in [0.1, 0.15) is 0 Å². The van der Waals surface area contributed by atoms with Gasteiger partial charge in [-0.15, -0.1) is 0 Å². The molecule has 0 aromatic carbocycles. The van der Waals surface area contributed by atoms with Crippen molar-refractivity contribution in [3.8, 4) is 0 Å². The number of morpholine rings is 1. The smallest absolute Gasteiger partial charge is 0.0594 e. The Morgan fingerprint density at radius 2 is 2.00 bits per heavy atom. The zero-order chi connectivity index (χ0) is 13.7. The van der Waals surface area contributed by atoms with Crippen LogP contribution in [0.1, 0.15) is 25.5 Å². The van der Waals surface area contributed by atoms with Crippen LogP contribution in [-0.4, -0.2) is 49.4 Å². The minimum absolute atomic E-state index is 0.449. The molecule has 108 valence electrons. The number of rotatable bonds is 6. The average molecular weight is 265 g/mol. The minimum Gasteiger partial charge on any atom is -0.379 e. The van der Waals surface area contributed by atoms with E-state index in [4.69, 9.17) is 4.74 Å². The molecule has 1 N–H and O–H groups in total. The number of hydrogen-bond acceptors (Lipinski definition) is 3. The van der Waals surface area contributed by atoms with Crippen molar-refractivity contribution in [3.63, 3.8) is 0 Å². The van der Waals surface area contributed by atoms with Gasteiger partial charge in [-0.05, 0) is 24.6 Å². The minimum atomic E-state index is 0.449. The lowest BCUT2D eigenvalue weighted by molar-refractivity contribution is 0.0364. The summed E-state index contributed by atoms with van der Waals surface area (Å²) in [5.74, 6) is 0.611. The van der Waals surface area contributed by atoms with Crippen molar-refractivity contribution in [2.45, 2.75) is 26.4 Å². The average Bonchev–Trinajstić information content (AvgIpc) is 2.87. The van der Waals surface area contributed by atoms with Crippen molar-refractivity contribution in [2.75, 3.05) is 39.9 Å². The van der Waals surface area contributed by atoms with Crippen LogP contribution in [0, 0.1) is 5.92 Å². The van der Waals surface area contributed by atoms with E-state index in [0.717, 1.165) is 39.4 Å². The predicted octanol–water partition coefficient (Wildman–Crippen LogP) is 1.74. The SMILES string of the molecule is CNC(c1ccn(CCN2CCOCC2)c1)C(C)C. The van der Waals surface area contributed by atoms with Crippen LogP contribution in [0.4, 0.5) is 0 Å². The molecular weight excluding hydrogens is 238 g/mol. The van der Waals surface area contributed by atoms with Gasteiger partial charge in [-0.1, -0.05) is 13.8 Å². The van der Waals surface area contributed by atoms with Gasteiger partial charge in [-0.25, -0.2) is 0 Å². The maximum absolute atomic E-state index is 5.37. The highest BCUT2D eigenvalue weighted by atomic mass is 16.5. The fourth-order valence-corrected chi connectivity index (χ4v) is 2.75. The molecule has 1 aromatic rings. The molecule has 0 radical (unpaired) electrons. The summed E-state index contributed by atoms with van der Waals surface area (Å²) in [6.45, 7) is 10.6. The fourth-order valence-electron chi connectivity index (χ4n) is 2.75. The first kappa shape index (κ1) is 14.6. The summed E-state index contributed by atoms with van der Waals surface area (Å²) in [5.41, 5.74) is 1.39. The van der Waals surface area contributed by atoms with Crippen molar-refractivity contribution in [2.24, 2.45) is 5.92 Å².